The Morgan fingerprint density at radius 2 is 1.80 bits per heavy atom. The number of ketones is 1. The van der Waals surface area contributed by atoms with E-state index in [2.05, 4.69) is 17.6 Å². The van der Waals surface area contributed by atoms with Gasteiger partial charge in [0.1, 0.15) is 0 Å². The van der Waals surface area contributed by atoms with Gasteiger partial charge in [-0.2, -0.15) is 0 Å². The second-order valence-electron chi connectivity index (χ2n) is 5.47. The molecule has 1 aromatic carbocycles. The van der Waals surface area contributed by atoms with Crippen molar-refractivity contribution in [3.8, 4) is 0 Å². The predicted octanol–water partition coefficient (Wildman–Crippen LogP) is 2.61. The summed E-state index contributed by atoms with van der Waals surface area (Å²) in [6.07, 6.45) is 2.60. The second-order valence-corrected chi connectivity index (χ2v) is 5.47. The van der Waals surface area contributed by atoms with Gasteiger partial charge in [0.05, 0.1) is 5.41 Å². The summed E-state index contributed by atoms with van der Waals surface area (Å²) >= 11 is 0. The monoisotopic (exact) mass is 274 g/mol. The third-order valence-electron chi connectivity index (χ3n) is 4.27. The first-order valence-electron chi connectivity index (χ1n) is 7.20. The van der Waals surface area contributed by atoms with Crippen molar-refractivity contribution in [1.29, 1.82) is 0 Å². The zero-order valence-corrected chi connectivity index (χ0v) is 12.2. The quantitative estimate of drug-likeness (QED) is 0.830. The van der Waals surface area contributed by atoms with E-state index in [1.807, 2.05) is 0 Å². The maximum absolute atomic E-state index is 12.5. The lowest BCUT2D eigenvalue weighted by molar-refractivity contribution is -0.127. The lowest BCUT2D eigenvalue weighted by Crippen LogP contribution is -2.44. The van der Waals surface area contributed by atoms with Crippen LogP contribution in [0, 0.1) is 5.41 Å². The lowest BCUT2D eigenvalue weighted by Gasteiger charge is -2.35. The molecule has 1 aliphatic rings. The minimum Gasteiger partial charge on any atom is -0.326 e. The van der Waals surface area contributed by atoms with Crippen LogP contribution >= 0.6 is 0 Å². The van der Waals surface area contributed by atoms with E-state index in [1.165, 1.54) is 6.92 Å². The molecule has 0 radical (unpaired) electrons. The largest absolute Gasteiger partial charge is 0.326 e. The Hall–Kier alpha value is -1.68. The standard InChI is InChI=1S/C16H22N2O2/c1-3-16(8-10-17-11-9-16)15(20)18-14-6-4-13(5-7-14)12(2)19/h4-7,17H,3,8-11H2,1-2H3,(H,18,20). The van der Waals surface area contributed by atoms with E-state index in [0.717, 1.165) is 38.0 Å². The highest BCUT2D eigenvalue weighted by Crippen LogP contribution is 2.33. The van der Waals surface area contributed by atoms with Crippen LogP contribution in [-0.2, 0) is 4.79 Å². The number of benzene rings is 1. The van der Waals surface area contributed by atoms with E-state index in [4.69, 9.17) is 0 Å². The summed E-state index contributed by atoms with van der Waals surface area (Å²) in [5.41, 5.74) is 1.16. The van der Waals surface area contributed by atoms with Gasteiger partial charge in [0.15, 0.2) is 5.78 Å². The number of hydrogen-bond donors (Lipinski definition) is 2. The predicted molar refractivity (Wildman–Crippen MR) is 79.9 cm³/mol. The fourth-order valence-corrected chi connectivity index (χ4v) is 2.70. The van der Waals surface area contributed by atoms with Crippen molar-refractivity contribution in [1.82, 2.24) is 5.32 Å². The van der Waals surface area contributed by atoms with Crippen molar-refractivity contribution in [2.75, 3.05) is 18.4 Å². The van der Waals surface area contributed by atoms with Gasteiger partial charge < -0.3 is 10.6 Å². The third-order valence-corrected chi connectivity index (χ3v) is 4.27. The van der Waals surface area contributed by atoms with Gasteiger partial charge in [-0.05, 0) is 63.5 Å². The number of carbonyl (C=O) groups excluding carboxylic acids is 2. The summed E-state index contributed by atoms with van der Waals surface area (Å²) in [4.78, 5) is 23.8. The number of amides is 1. The van der Waals surface area contributed by atoms with Crippen LogP contribution in [0.4, 0.5) is 5.69 Å². The Kier molecular flexibility index (Phi) is 4.55. The topological polar surface area (TPSA) is 58.2 Å². The first-order chi connectivity index (χ1) is 9.57. The van der Waals surface area contributed by atoms with Gasteiger partial charge in [-0.15, -0.1) is 0 Å². The van der Waals surface area contributed by atoms with E-state index < -0.39 is 0 Å². The minimum absolute atomic E-state index is 0.0336. The van der Waals surface area contributed by atoms with Crippen molar-refractivity contribution in [2.45, 2.75) is 33.1 Å². The molecule has 0 atom stereocenters. The molecule has 0 aromatic heterocycles. The van der Waals surface area contributed by atoms with Gasteiger partial charge in [0, 0.05) is 11.3 Å². The van der Waals surface area contributed by atoms with Crippen molar-refractivity contribution in [3.05, 3.63) is 29.8 Å². The van der Waals surface area contributed by atoms with Crippen LogP contribution in [0.25, 0.3) is 0 Å². The fourth-order valence-electron chi connectivity index (χ4n) is 2.70. The summed E-state index contributed by atoms with van der Waals surface area (Å²) in [5, 5.41) is 6.29. The average molecular weight is 274 g/mol. The van der Waals surface area contributed by atoms with Crippen LogP contribution in [0.5, 0.6) is 0 Å². The molecule has 1 fully saturated rings. The van der Waals surface area contributed by atoms with Crippen molar-refractivity contribution in [2.24, 2.45) is 5.41 Å². The number of nitrogens with one attached hydrogen (secondary N) is 2. The number of hydrogen-bond acceptors (Lipinski definition) is 3. The molecular weight excluding hydrogens is 252 g/mol. The number of rotatable bonds is 4. The van der Waals surface area contributed by atoms with Gasteiger partial charge >= 0.3 is 0 Å². The molecule has 0 unspecified atom stereocenters. The average Bonchev–Trinajstić information content (AvgIpc) is 2.48. The molecule has 0 saturated carbocycles. The summed E-state index contributed by atoms with van der Waals surface area (Å²) in [6.45, 7) is 5.40. The maximum atomic E-state index is 12.5. The highest BCUT2D eigenvalue weighted by Gasteiger charge is 2.37. The molecule has 2 rings (SSSR count). The van der Waals surface area contributed by atoms with Gasteiger partial charge in [-0.1, -0.05) is 6.92 Å². The molecule has 4 nitrogen and oxygen atoms in total. The maximum Gasteiger partial charge on any atom is 0.230 e. The Bertz CT molecular complexity index is 488. The van der Waals surface area contributed by atoms with E-state index in [0.29, 0.717) is 5.56 Å². The molecule has 108 valence electrons. The summed E-state index contributed by atoms with van der Waals surface area (Å²) in [7, 11) is 0. The highest BCUT2D eigenvalue weighted by molar-refractivity contribution is 5.97. The van der Waals surface area contributed by atoms with Gasteiger partial charge in [-0.3, -0.25) is 9.59 Å². The smallest absolute Gasteiger partial charge is 0.230 e. The Labute approximate surface area is 119 Å². The molecule has 20 heavy (non-hydrogen) atoms. The van der Waals surface area contributed by atoms with Gasteiger partial charge in [-0.25, -0.2) is 0 Å². The van der Waals surface area contributed by atoms with E-state index in [-0.39, 0.29) is 17.1 Å². The molecular formula is C16H22N2O2. The first kappa shape index (κ1) is 14.7. The van der Waals surface area contributed by atoms with Crippen molar-refractivity contribution in [3.63, 3.8) is 0 Å². The summed E-state index contributed by atoms with van der Waals surface area (Å²) in [6, 6.07) is 7.08. The molecule has 0 spiro atoms. The van der Waals surface area contributed by atoms with Crippen LogP contribution in [-0.4, -0.2) is 24.8 Å². The van der Waals surface area contributed by atoms with E-state index >= 15 is 0 Å². The van der Waals surface area contributed by atoms with Crippen LogP contribution in [0.15, 0.2) is 24.3 Å². The highest BCUT2D eigenvalue weighted by atomic mass is 16.2. The van der Waals surface area contributed by atoms with E-state index in [1.54, 1.807) is 24.3 Å². The molecule has 1 aliphatic heterocycles. The molecule has 0 aliphatic carbocycles. The molecule has 4 heteroatoms. The van der Waals surface area contributed by atoms with Gasteiger partial charge in [0.25, 0.3) is 0 Å². The first-order valence-corrected chi connectivity index (χ1v) is 7.20. The number of piperidine rings is 1. The normalized spacial score (nSPS) is 17.5. The Morgan fingerprint density at radius 1 is 1.20 bits per heavy atom. The number of anilines is 1. The molecule has 1 amide bonds. The van der Waals surface area contributed by atoms with Crippen LogP contribution < -0.4 is 10.6 Å². The lowest BCUT2D eigenvalue weighted by atomic mass is 9.76. The zero-order valence-electron chi connectivity index (χ0n) is 12.2. The zero-order chi connectivity index (χ0) is 14.6. The SMILES string of the molecule is CCC1(C(=O)Nc2ccc(C(C)=O)cc2)CCNCC1. The van der Waals surface area contributed by atoms with Crippen LogP contribution in [0.1, 0.15) is 43.5 Å². The number of Topliss-reactive ketones (excluding diaryl/α,β-unsaturated/α-hetero) is 1. The van der Waals surface area contributed by atoms with Crippen LogP contribution in [0.2, 0.25) is 0 Å². The Morgan fingerprint density at radius 3 is 2.30 bits per heavy atom. The van der Waals surface area contributed by atoms with Crippen LogP contribution in [0.3, 0.4) is 0 Å². The molecule has 1 saturated heterocycles. The summed E-state index contributed by atoms with van der Waals surface area (Å²) < 4.78 is 0. The van der Waals surface area contributed by atoms with E-state index in [9.17, 15) is 9.59 Å². The fraction of sp³-hybridized carbons (Fsp3) is 0.500. The molecule has 1 aromatic rings. The summed E-state index contributed by atoms with van der Waals surface area (Å²) in [5.74, 6) is 0.128. The minimum atomic E-state index is -0.259. The van der Waals surface area contributed by atoms with Crippen molar-refractivity contribution >= 4 is 17.4 Å². The second kappa shape index (κ2) is 6.18. The Balaban J connectivity index is 2.08. The van der Waals surface area contributed by atoms with Crippen molar-refractivity contribution < 1.29 is 9.59 Å². The molecule has 2 N–H and O–H groups in total. The number of carbonyl (C=O) groups is 2. The van der Waals surface area contributed by atoms with Gasteiger partial charge in [0.2, 0.25) is 5.91 Å². The third kappa shape index (κ3) is 3.07. The molecule has 1 heterocycles. The molecule has 0 bridgehead atoms.